The number of fused-ring (bicyclic) bond motifs is 1. The summed E-state index contributed by atoms with van der Waals surface area (Å²) in [7, 11) is 2.03. The molecule has 0 radical (unpaired) electrons. The first kappa shape index (κ1) is 17.4. The average Bonchev–Trinajstić information content (AvgIpc) is 2.83. The van der Waals surface area contributed by atoms with Crippen LogP contribution in [0.25, 0.3) is 10.9 Å². The monoisotopic (exact) mass is 344 g/mol. The number of rotatable bonds is 3. The lowest BCUT2D eigenvalue weighted by atomic mass is 10.2. The molecule has 1 aliphatic heterocycles. The predicted molar refractivity (Wildman–Crippen MR) is 96.8 cm³/mol. The molecule has 25 heavy (non-hydrogen) atoms. The van der Waals surface area contributed by atoms with Crippen LogP contribution in [-0.2, 0) is 17.9 Å². The molecule has 2 aromatic rings. The van der Waals surface area contributed by atoms with Crippen LogP contribution >= 0.6 is 0 Å². The quantitative estimate of drug-likeness (QED) is 0.806. The van der Waals surface area contributed by atoms with Crippen molar-refractivity contribution in [3.8, 4) is 0 Å². The number of benzene rings is 1. The molecule has 7 heteroatoms. The molecule has 7 nitrogen and oxygen atoms in total. The molecule has 1 amide bonds. The molecular formula is C18H24N4O3. The third kappa shape index (κ3) is 3.37. The molecular weight excluding hydrogens is 320 g/mol. The highest BCUT2D eigenvalue weighted by Crippen LogP contribution is 2.08. The Bertz CT molecular complexity index is 899. The van der Waals surface area contributed by atoms with E-state index in [1.807, 2.05) is 14.0 Å². The summed E-state index contributed by atoms with van der Waals surface area (Å²) in [6.07, 6.45) is 0.897. The predicted octanol–water partition coefficient (Wildman–Crippen LogP) is 0.347. The summed E-state index contributed by atoms with van der Waals surface area (Å²) in [5.41, 5.74) is -0.211. The highest BCUT2D eigenvalue weighted by atomic mass is 16.2. The minimum atomic E-state index is -0.425. The second-order valence-electron chi connectivity index (χ2n) is 6.47. The Morgan fingerprint density at radius 2 is 1.80 bits per heavy atom. The SMILES string of the molecule is CCn1c(=O)n(CC(=O)N2CCCN(C)CC2)c(=O)c2ccccc21. The number of aryl methyl sites for hydroxylation is 1. The van der Waals surface area contributed by atoms with Crippen molar-refractivity contribution in [2.75, 3.05) is 33.2 Å². The third-order valence-corrected chi connectivity index (χ3v) is 4.81. The van der Waals surface area contributed by atoms with E-state index in [1.54, 1.807) is 33.7 Å². The maximum atomic E-state index is 12.7. The largest absolute Gasteiger partial charge is 0.340 e. The number of hydrogen-bond acceptors (Lipinski definition) is 4. The van der Waals surface area contributed by atoms with E-state index >= 15 is 0 Å². The van der Waals surface area contributed by atoms with Gasteiger partial charge in [-0.05, 0) is 39.1 Å². The van der Waals surface area contributed by atoms with Crippen molar-refractivity contribution in [2.45, 2.75) is 26.4 Å². The van der Waals surface area contributed by atoms with Gasteiger partial charge in [0.15, 0.2) is 0 Å². The van der Waals surface area contributed by atoms with Crippen LogP contribution in [0.1, 0.15) is 13.3 Å². The van der Waals surface area contributed by atoms with E-state index < -0.39 is 11.2 Å². The fraction of sp³-hybridized carbons (Fsp3) is 0.500. The van der Waals surface area contributed by atoms with Gasteiger partial charge in [0.25, 0.3) is 5.56 Å². The van der Waals surface area contributed by atoms with Gasteiger partial charge >= 0.3 is 5.69 Å². The Labute approximate surface area is 146 Å². The molecule has 0 unspecified atom stereocenters. The lowest BCUT2D eigenvalue weighted by Crippen LogP contribution is -2.45. The standard InChI is InChI=1S/C18H24N4O3/c1-3-21-15-8-5-4-7-14(15)17(24)22(18(21)25)13-16(23)20-10-6-9-19(2)11-12-20/h4-5,7-8H,3,6,9-13H2,1-2H3. The van der Waals surface area contributed by atoms with Crippen LogP contribution in [-0.4, -0.2) is 58.1 Å². The van der Waals surface area contributed by atoms with Crippen molar-refractivity contribution in [1.82, 2.24) is 18.9 Å². The lowest BCUT2D eigenvalue weighted by Gasteiger charge is -2.21. The van der Waals surface area contributed by atoms with Crippen molar-refractivity contribution >= 4 is 16.8 Å². The summed E-state index contributed by atoms with van der Waals surface area (Å²) in [4.78, 5) is 42.0. The summed E-state index contributed by atoms with van der Waals surface area (Å²) < 4.78 is 2.61. The van der Waals surface area contributed by atoms with Crippen molar-refractivity contribution in [3.63, 3.8) is 0 Å². The average molecular weight is 344 g/mol. The number of carbonyl (C=O) groups excluding carboxylic acids is 1. The van der Waals surface area contributed by atoms with E-state index in [0.717, 1.165) is 24.1 Å². The first-order chi connectivity index (χ1) is 12.0. The van der Waals surface area contributed by atoms with Crippen LogP contribution in [0, 0.1) is 0 Å². The van der Waals surface area contributed by atoms with Gasteiger partial charge in [-0.15, -0.1) is 0 Å². The minimum absolute atomic E-state index is 0.174. The van der Waals surface area contributed by atoms with Crippen LogP contribution in [0.15, 0.2) is 33.9 Å². The van der Waals surface area contributed by atoms with E-state index in [9.17, 15) is 14.4 Å². The van der Waals surface area contributed by atoms with Gasteiger partial charge in [-0.1, -0.05) is 12.1 Å². The maximum Gasteiger partial charge on any atom is 0.331 e. The van der Waals surface area contributed by atoms with Crippen LogP contribution in [0.4, 0.5) is 0 Å². The number of carbonyl (C=O) groups is 1. The first-order valence-electron chi connectivity index (χ1n) is 8.71. The molecule has 0 spiro atoms. The molecule has 2 heterocycles. The highest BCUT2D eigenvalue weighted by molar-refractivity contribution is 5.79. The summed E-state index contributed by atoms with van der Waals surface area (Å²) in [6.45, 7) is 5.14. The number of likely N-dealkylation sites (N-methyl/N-ethyl adjacent to an activating group) is 1. The molecule has 1 saturated heterocycles. The topological polar surface area (TPSA) is 67.6 Å². The third-order valence-electron chi connectivity index (χ3n) is 4.81. The molecule has 1 aromatic carbocycles. The van der Waals surface area contributed by atoms with Gasteiger partial charge in [0.1, 0.15) is 6.54 Å². The fourth-order valence-corrected chi connectivity index (χ4v) is 3.35. The number of aromatic nitrogens is 2. The molecule has 3 rings (SSSR count). The zero-order chi connectivity index (χ0) is 18.0. The number of amides is 1. The van der Waals surface area contributed by atoms with E-state index in [1.165, 1.54) is 0 Å². The van der Waals surface area contributed by atoms with Gasteiger partial charge in [-0.25, -0.2) is 4.79 Å². The molecule has 1 fully saturated rings. The van der Waals surface area contributed by atoms with Crippen LogP contribution in [0.3, 0.4) is 0 Å². The summed E-state index contributed by atoms with van der Waals surface area (Å²) in [6, 6.07) is 7.03. The van der Waals surface area contributed by atoms with Crippen LogP contribution < -0.4 is 11.2 Å². The van der Waals surface area contributed by atoms with Crippen LogP contribution in [0.2, 0.25) is 0 Å². The Morgan fingerprint density at radius 1 is 1.04 bits per heavy atom. The Hall–Kier alpha value is -2.41. The molecule has 0 aliphatic carbocycles. The van der Waals surface area contributed by atoms with E-state index in [-0.39, 0.29) is 12.5 Å². The zero-order valence-electron chi connectivity index (χ0n) is 14.8. The van der Waals surface area contributed by atoms with E-state index in [4.69, 9.17) is 0 Å². The fourth-order valence-electron chi connectivity index (χ4n) is 3.35. The van der Waals surface area contributed by atoms with Crippen molar-refractivity contribution < 1.29 is 4.79 Å². The normalized spacial score (nSPS) is 16.2. The minimum Gasteiger partial charge on any atom is -0.340 e. The maximum absolute atomic E-state index is 12.7. The summed E-state index contributed by atoms with van der Waals surface area (Å²) in [5.74, 6) is -0.174. The van der Waals surface area contributed by atoms with Gasteiger partial charge in [0, 0.05) is 26.2 Å². The molecule has 0 bridgehead atoms. The van der Waals surface area contributed by atoms with E-state index in [0.29, 0.717) is 30.5 Å². The molecule has 1 aliphatic rings. The summed E-state index contributed by atoms with van der Waals surface area (Å²) >= 11 is 0. The molecule has 0 saturated carbocycles. The molecule has 134 valence electrons. The van der Waals surface area contributed by atoms with Crippen molar-refractivity contribution in [1.29, 1.82) is 0 Å². The second-order valence-corrected chi connectivity index (χ2v) is 6.47. The second kappa shape index (κ2) is 7.23. The zero-order valence-corrected chi connectivity index (χ0v) is 14.8. The molecule has 0 N–H and O–H groups in total. The van der Waals surface area contributed by atoms with Gasteiger partial charge in [-0.3, -0.25) is 18.7 Å². The van der Waals surface area contributed by atoms with Gasteiger partial charge in [-0.2, -0.15) is 0 Å². The number of hydrogen-bond donors (Lipinski definition) is 0. The molecule has 1 aromatic heterocycles. The van der Waals surface area contributed by atoms with Gasteiger partial charge < -0.3 is 9.80 Å². The number of para-hydroxylation sites is 1. The van der Waals surface area contributed by atoms with Crippen molar-refractivity contribution in [3.05, 3.63) is 45.1 Å². The highest BCUT2D eigenvalue weighted by Gasteiger charge is 2.20. The first-order valence-corrected chi connectivity index (χ1v) is 8.71. The Kier molecular flexibility index (Phi) is 5.03. The van der Waals surface area contributed by atoms with Crippen molar-refractivity contribution in [2.24, 2.45) is 0 Å². The Morgan fingerprint density at radius 3 is 2.56 bits per heavy atom. The Balaban J connectivity index is 1.97. The number of nitrogens with zero attached hydrogens (tertiary/aromatic N) is 4. The van der Waals surface area contributed by atoms with E-state index in [2.05, 4.69) is 4.90 Å². The smallest absolute Gasteiger partial charge is 0.331 e. The van der Waals surface area contributed by atoms with Crippen LogP contribution in [0.5, 0.6) is 0 Å². The summed E-state index contributed by atoms with van der Waals surface area (Å²) in [5, 5.41) is 0.465. The lowest BCUT2D eigenvalue weighted by molar-refractivity contribution is -0.131. The van der Waals surface area contributed by atoms with Gasteiger partial charge in [0.05, 0.1) is 10.9 Å². The molecule has 0 atom stereocenters. The van der Waals surface area contributed by atoms with Gasteiger partial charge in [0.2, 0.25) is 5.91 Å².